The Morgan fingerprint density at radius 1 is 1.00 bits per heavy atom. The first-order valence-electron chi connectivity index (χ1n) is 9.71. The van der Waals surface area contributed by atoms with E-state index < -0.39 is 0 Å². The Hall–Kier alpha value is -1.09. The molecule has 3 rings (SSSR count). The molecular formula is C22H29BrO2. The monoisotopic (exact) mass is 404 g/mol. The van der Waals surface area contributed by atoms with Crippen molar-refractivity contribution in [2.24, 2.45) is 11.8 Å². The Morgan fingerprint density at radius 2 is 1.56 bits per heavy atom. The summed E-state index contributed by atoms with van der Waals surface area (Å²) in [6.45, 7) is 3.60. The molecule has 2 nitrogen and oxygen atoms in total. The maximum absolute atomic E-state index is 11.6. The fourth-order valence-corrected chi connectivity index (χ4v) is 4.95. The summed E-state index contributed by atoms with van der Waals surface area (Å²) in [6.07, 6.45) is 12.0. The van der Waals surface area contributed by atoms with Gasteiger partial charge in [0.15, 0.2) is 0 Å². The zero-order valence-corrected chi connectivity index (χ0v) is 16.5. The number of rotatable bonds is 5. The van der Waals surface area contributed by atoms with Crippen LogP contribution in [0.2, 0.25) is 0 Å². The van der Waals surface area contributed by atoms with Gasteiger partial charge in [0.05, 0.1) is 6.42 Å². The molecule has 0 radical (unpaired) electrons. The Bertz CT molecular complexity index is 564. The Morgan fingerprint density at radius 3 is 2.12 bits per heavy atom. The van der Waals surface area contributed by atoms with E-state index in [1.165, 1.54) is 44.1 Å². The third kappa shape index (κ3) is 5.20. The molecule has 0 spiro atoms. The highest BCUT2D eigenvalue weighted by atomic mass is 79.9. The van der Waals surface area contributed by atoms with Crippen molar-refractivity contribution in [3.8, 4) is 0 Å². The number of benzene rings is 1. The summed E-state index contributed by atoms with van der Waals surface area (Å²) in [7, 11) is 0. The van der Waals surface area contributed by atoms with Gasteiger partial charge in [-0.1, -0.05) is 34.1 Å². The minimum Gasteiger partial charge on any atom is -0.462 e. The van der Waals surface area contributed by atoms with E-state index in [9.17, 15) is 4.79 Å². The fraction of sp³-hybridized carbons (Fsp3) is 0.591. The molecule has 2 fully saturated rings. The molecule has 1 aromatic rings. The van der Waals surface area contributed by atoms with Crippen molar-refractivity contribution in [2.75, 3.05) is 0 Å². The highest BCUT2D eigenvalue weighted by Gasteiger charge is 2.32. The Kier molecular flexibility index (Phi) is 6.75. The van der Waals surface area contributed by atoms with Gasteiger partial charge in [-0.3, -0.25) is 4.79 Å². The van der Waals surface area contributed by atoms with Crippen LogP contribution in [0.4, 0.5) is 0 Å². The summed E-state index contributed by atoms with van der Waals surface area (Å²) < 4.78 is 6.70. The predicted molar refractivity (Wildman–Crippen MR) is 105 cm³/mol. The Balaban J connectivity index is 1.42. The van der Waals surface area contributed by atoms with Crippen LogP contribution in [0.5, 0.6) is 0 Å². The number of halogens is 1. The quantitative estimate of drug-likeness (QED) is 0.418. The van der Waals surface area contributed by atoms with Crippen LogP contribution in [-0.2, 0) is 9.53 Å². The molecule has 2 aliphatic carbocycles. The molecule has 1 aromatic carbocycles. The van der Waals surface area contributed by atoms with Crippen LogP contribution in [0.15, 0.2) is 41.4 Å². The van der Waals surface area contributed by atoms with E-state index in [1.807, 2.05) is 0 Å². The minimum atomic E-state index is -0.117. The summed E-state index contributed by atoms with van der Waals surface area (Å²) in [6, 6.07) is 8.88. The van der Waals surface area contributed by atoms with Gasteiger partial charge in [0, 0.05) is 4.47 Å². The lowest BCUT2D eigenvalue weighted by Gasteiger charge is -2.37. The zero-order chi connectivity index (χ0) is 17.6. The van der Waals surface area contributed by atoms with Crippen LogP contribution in [0.1, 0.15) is 69.3 Å². The second-order valence-corrected chi connectivity index (χ2v) is 8.60. The van der Waals surface area contributed by atoms with Gasteiger partial charge in [0.2, 0.25) is 0 Å². The molecule has 0 aliphatic heterocycles. The standard InChI is InChI=1S/C22H29BrO2/c1-2-3-22(24)25-21-14-10-19(11-15-21)17-6-4-16(5-7-17)18-8-12-20(23)13-9-18/h2,8-9,12-13,16-17,19,21H,1,3-7,10-11,14-15H2/t16-,17-,19?,21?. The van der Waals surface area contributed by atoms with Crippen LogP contribution in [0.25, 0.3) is 0 Å². The number of carbonyl (C=O) groups is 1. The molecule has 0 amide bonds. The van der Waals surface area contributed by atoms with Crippen molar-refractivity contribution in [3.05, 3.63) is 47.0 Å². The van der Waals surface area contributed by atoms with Crippen molar-refractivity contribution >= 4 is 21.9 Å². The molecule has 0 heterocycles. The predicted octanol–water partition coefficient (Wildman–Crippen LogP) is 6.40. The smallest absolute Gasteiger partial charge is 0.309 e. The number of hydrogen-bond acceptors (Lipinski definition) is 2. The van der Waals surface area contributed by atoms with E-state index in [1.54, 1.807) is 6.08 Å². The highest BCUT2D eigenvalue weighted by Crippen LogP contribution is 2.43. The van der Waals surface area contributed by atoms with E-state index in [0.29, 0.717) is 6.42 Å². The maximum Gasteiger partial charge on any atom is 0.309 e. The second kappa shape index (κ2) is 9.02. The van der Waals surface area contributed by atoms with Crippen molar-refractivity contribution in [1.29, 1.82) is 0 Å². The van der Waals surface area contributed by atoms with E-state index in [4.69, 9.17) is 4.74 Å². The molecular weight excluding hydrogens is 376 g/mol. The van der Waals surface area contributed by atoms with Gasteiger partial charge in [-0.15, -0.1) is 6.58 Å². The Labute approximate surface area is 160 Å². The largest absolute Gasteiger partial charge is 0.462 e. The maximum atomic E-state index is 11.6. The van der Waals surface area contributed by atoms with Crippen molar-refractivity contribution < 1.29 is 9.53 Å². The van der Waals surface area contributed by atoms with E-state index >= 15 is 0 Å². The van der Waals surface area contributed by atoms with Crippen LogP contribution >= 0.6 is 15.9 Å². The molecule has 0 saturated heterocycles. The molecule has 0 unspecified atom stereocenters. The van der Waals surface area contributed by atoms with E-state index in [0.717, 1.165) is 35.1 Å². The number of ether oxygens (including phenoxy) is 1. The van der Waals surface area contributed by atoms with Gasteiger partial charge < -0.3 is 4.74 Å². The molecule has 3 heteroatoms. The van der Waals surface area contributed by atoms with Gasteiger partial charge in [-0.2, -0.15) is 0 Å². The molecule has 136 valence electrons. The van der Waals surface area contributed by atoms with E-state index in [2.05, 4.69) is 46.8 Å². The third-order valence-electron chi connectivity index (χ3n) is 6.11. The van der Waals surface area contributed by atoms with Crippen molar-refractivity contribution in [3.63, 3.8) is 0 Å². The third-order valence-corrected chi connectivity index (χ3v) is 6.64. The van der Waals surface area contributed by atoms with E-state index in [-0.39, 0.29) is 12.1 Å². The van der Waals surface area contributed by atoms with Gasteiger partial charge in [-0.05, 0) is 86.8 Å². The minimum absolute atomic E-state index is 0.117. The molecule has 2 saturated carbocycles. The average molecular weight is 405 g/mol. The number of esters is 1. The van der Waals surface area contributed by atoms with Crippen LogP contribution in [0.3, 0.4) is 0 Å². The topological polar surface area (TPSA) is 26.3 Å². The summed E-state index contributed by atoms with van der Waals surface area (Å²) in [5.74, 6) is 2.32. The lowest BCUT2D eigenvalue weighted by atomic mass is 9.69. The normalized spacial score (nSPS) is 29.8. The molecule has 25 heavy (non-hydrogen) atoms. The first kappa shape index (κ1) is 18.7. The summed E-state index contributed by atoms with van der Waals surface area (Å²) >= 11 is 3.52. The summed E-state index contributed by atoms with van der Waals surface area (Å²) in [5.41, 5.74) is 1.50. The van der Waals surface area contributed by atoms with Crippen LogP contribution in [0, 0.1) is 11.8 Å². The molecule has 0 aromatic heterocycles. The van der Waals surface area contributed by atoms with Crippen LogP contribution < -0.4 is 0 Å². The second-order valence-electron chi connectivity index (χ2n) is 7.68. The first-order valence-corrected chi connectivity index (χ1v) is 10.5. The molecule has 0 atom stereocenters. The zero-order valence-electron chi connectivity index (χ0n) is 15.0. The molecule has 2 aliphatic rings. The summed E-state index contributed by atoms with van der Waals surface area (Å²) in [4.78, 5) is 11.6. The van der Waals surface area contributed by atoms with Crippen molar-refractivity contribution in [2.45, 2.75) is 69.8 Å². The number of carbonyl (C=O) groups excluding carboxylic acids is 1. The molecule has 0 bridgehead atoms. The lowest BCUT2D eigenvalue weighted by Crippen LogP contribution is -2.29. The highest BCUT2D eigenvalue weighted by molar-refractivity contribution is 9.10. The lowest BCUT2D eigenvalue weighted by molar-refractivity contribution is -0.150. The van der Waals surface area contributed by atoms with Crippen LogP contribution in [-0.4, -0.2) is 12.1 Å². The van der Waals surface area contributed by atoms with Gasteiger partial charge in [0.1, 0.15) is 6.10 Å². The number of hydrogen-bond donors (Lipinski definition) is 0. The van der Waals surface area contributed by atoms with Gasteiger partial charge >= 0.3 is 5.97 Å². The molecule has 0 N–H and O–H groups in total. The fourth-order valence-electron chi connectivity index (χ4n) is 4.69. The average Bonchev–Trinajstić information content (AvgIpc) is 2.63. The van der Waals surface area contributed by atoms with Crippen molar-refractivity contribution in [1.82, 2.24) is 0 Å². The summed E-state index contributed by atoms with van der Waals surface area (Å²) in [5, 5.41) is 0. The first-order chi connectivity index (χ1) is 12.2. The van der Waals surface area contributed by atoms with Gasteiger partial charge in [-0.25, -0.2) is 0 Å². The SMILES string of the molecule is C=CCC(=O)OC1CCC([C@H]2CC[C@H](c3ccc(Br)cc3)CC2)CC1. The van der Waals surface area contributed by atoms with Gasteiger partial charge in [0.25, 0.3) is 0 Å².